The molecule has 24 heavy (non-hydrogen) atoms. The lowest BCUT2D eigenvalue weighted by Crippen LogP contribution is -2.37. The van der Waals surface area contributed by atoms with Gasteiger partial charge in [0, 0.05) is 17.7 Å². The van der Waals surface area contributed by atoms with Crippen LogP contribution in [0.2, 0.25) is 0 Å². The van der Waals surface area contributed by atoms with E-state index < -0.39 is 11.4 Å². The van der Waals surface area contributed by atoms with Crippen LogP contribution in [-0.2, 0) is 11.2 Å². The number of hydrogen-bond donors (Lipinski definition) is 2. The van der Waals surface area contributed by atoms with Crippen molar-refractivity contribution in [2.75, 3.05) is 6.54 Å². The van der Waals surface area contributed by atoms with E-state index in [2.05, 4.69) is 5.32 Å². The first-order valence-electron chi connectivity index (χ1n) is 8.50. The fourth-order valence-electron chi connectivity index (χ4n) is 3.37. The monoisotopic (exact) mass is 334 g/mol. The van der Waals surface area contributed by atoms with Gasteiger partial charge >= 0.3 is 5.97 Å². The molecule has 0 radical (unpaired) electrons. The third-order valence-electron chi connectivity index (χ3n) is 5.06. The minimum Gasteiger partial charge on any atom is -0.481 e. The molecule has 0 saturated heterocycles. The van der Waals surface area contributed by atoms with E-state index in [1.54, 1.807) is 26.0 Å². The highest BCUT2D eigenvalue weighted by Crippen LogP contribution is 2.32. The minimum atomic E-state index is -0.785. The molecule has 132 valence electrons. The van der Waals surface area contributed by atoms with Gasteiger partial charge < -0.3 is 10.4 Å². The van der Waals surface area contributed by atoms with Crippen LogP contribution in [0.3, 0.4) is 0 Å². The fraction of sp³-hybridized carbons (Fsp3) is 0.611. The molecule has 2 atom stereocenters. The summed E-state index contributed by atoms with van der Waals surface area (Å²) in [4.78, 5) is 22.0. The normalized spacial score (nSPS) is 20.9. The number of nitro groups is 1. The predicted molar refractivity (Wildman–Crippen MR) is 92.0 cm³/mol. The van der Waals surface area contributed by atoms with E-state index in [1.165, 1.54) is 0 Å². The highest BCUT2D eigenvalue weighted by atomic mass is 16.6. The Labute approximate surface area is 142 Å². The van der Waals surface area contributed by atoms with Crippen LogP contribution in [0.5, 0.6) is 0 Å². The Morgan fingerprint density at radius 1 is 1.38 bits per heavy atom. The second-order valence-electron chi connectivity index (χ2n) is 7.28. The second kappa shape index (κ2) is 7.75. The fourth-order valence-corrected chi connectivity index (χ4v) is 3.37. The van der Waals surface area contributed by atoms with Crippen LogP contribution in [-0.4, -0.2) is 28.6 Å². The molecule has 1 aliphatic carbocycles. The van der Waals surface area contributed by atoms with E-state index in [9.17, 15) is 20.0 Å². The zero-order valence-corrected chi connectivity index (χ0v) is 14.3. The molecule has 0 aliphatic heterocycles. The first-order valence-corrected chi connectivity index (χ1v) is 8.50. The number of nitrogens with one attached hydrogen (secondary N) is 1. The van der Waals surface area contributed by atoms with Crippen LogP contribution < -0.4 is 5.32 Å². The average molecular weight is 334 g/mol. The molecule has 2 rings (SSSR count). The zero-order valence-electron chi connectivity index (χ0n) is 14.3. The summed E-state index contributed by atoms with van der Waals surface area (Å²) in [5.74, 6) is -0.425. The Kier molecular flexibility index (Phi) is 5.94. The molecule has 0 amide bonds. The molecule has 2 unspecified atom stereocenters. The Balaban J connectivity index is 1.94. The van der Waals surface area contributed by atoms with E-state index >= 15 is 0 Å². The Hall–Kier alpha value is -1.95. The Bertz CT molecular complexity index is 600. The van der Waals surface area contributed by atoms with Gasteiger partial charge in [-0.05, 0) is 52.0 Å². The summed E-state index contributed by atoms with van der Waals surface area (Å²) < 4.78 is 0. The number of benzene rings is 1. The van der Waals surface area contributed by atoms with E-state index in [1.807, 2.05) is 12.1 Å². The number of aliphatic carboxylic acids is 1. The first-order chi connectivity index (χ1) is 11.3. The quantitative estimate of drug-likeness (QED) is 0.561. The first kappa shape index (κ1) is 18.4. The van der Waals surface area contributed by atoms with Gasteiger partial charge in [0.2, 0.25) is 0 Å². The van der Waals surface area contributed by atoms with E-state index in [4.69, 9.17) is 0 Å². The highest BCUT2D eigenvalue weighted by molar-refractivity contribution is 5.73. The molecular weight excluding hydrogens is 308 g/mol. The van der Waals surface area contributed by atoms with Crippen LogP contribution in [0.4, 0.5) is 5.69 Å². The molecule has 1 saturated carbocycles. The van der Waals surface area contributed by atoms with Gasteiger partial charge in [-0.15, -0.1) is 0 Å². The number of para-hydroxylation sites is 1. The van der Waals surface area contributed by atoms with Gasteiger partial charge in [0.15, 0.2) is 0 Å². The molecule has 2 N–H and O–H groups in total. The minimum absolute atomic E-state index is 0.190. The number of hydrogen-bond acceptors (Lipinski definition) is 4. The Morgan fingerprint density at radius 3 is 2.75 bits per heavy atom. The molecule has 0 heterocycles. The third-order valence-corrected chi connectivity index (χ3v) is 5.06. The number of rotatable bonds is 8. The molecular formula is C18H26N2O4. The predicted octanol–water partition coefficient (Wildman–Crippen LogP) is 3.40. The molecule has 0 bridgehead atoms. The van der Waals surface area contributed by atoms with Crippen molar-refractivity contribution in [2.45, 2.75) is 52.0 Å². The van der Waals surface area contributed by atoms with E-state index in [0.29, 0.717) is 31.3 Å². The number of carboxylic acid groups (broad SMARTS) is 1. The van der Waals surface area contributed by atoms with Gasteiger partial charge in [0.1, 0.15) is 0 Å². The number of carbonyl (C=O) groups is 1. The van der Waals surface area contributed by atoms with Gasteiger partial charge in [-0.1, -0.05) is 24.6 Å². The third kappa shape index (κ3) is 4.54. The number of nitro benzene ring substituents is 1. The van der Waals surface area contributed by atoms with Crippen LogP contribution in [0.15, 0.2) is 24.3 Å². The van der Waals surface area contributed by atoms with Crippen LogP contribution >= 0.6 is 0 Å². The largest absolute Gasteiger partial charge is 0.481 e. The van der Waals surface area contributed by atoms with Gasteiger partial charge in [-0.3, -0.25) is 14.9 Å². The van der Waals surface area contributed by atoms with Crippen LogP contribution in [0, 0.1) is 21.4 Å². The van der Waals surface area contributed by atoms with Crippen molar-refractivity contribution in [3.05, 3.63) is 39.9 Å². The van der Waals surface area contributed by atoms with Crippen molar-refractivity contribution in [3.8, 4) is 0 Å². The summed E-state index contributed by atoms with van der Waals surface area (Å²) in [5.41, 5.74) is 0.237. The number of carboxylic acids is 1. The Morgan fingerprint density at radius 2 is 2.08 bits per heavy atom. The van der Waals surface area contributed by atoms with Crippen molar-refractivity contribution in [1.82, 2.24) is 5.32 Å². The van der Waals surface area contributed by atoms with Gasteiger partial charge in [-0.25, -0.2) is 0 Å². The highest BCUT2D eigenvalue weighted by Gasteiger charge is 2.31. The summed E-state index contributed by atoms with van der Waals surface area (Å²) in [6, 6.07) is 7.23. The summed E-state index contributed by atoms with van der Waals surface area (Å²) in [6.45, 7) is 4.12. The summed E-state index contributed by atoms with van der Waals surface area (Å²) in [5, 5.41) is 23.8. The average Bonchev–Trinajstić information content (AvgIpc) is 2.94. The lowest BCUT2D eigenvalue weighted by atomic mass is 9.89. The maximum atomic E-state index is 11.2. The SMILES string of the molecule is CC(C)(CCNC1CCCC1Cc1ccccc1[N+](=O)[O-])C(=O)O. The summed E-state index contributed by atoms with van der Waals surface area (Å²) in [7, 11) is 0. The van der Waals surface area contributed by atoms with Crippen molar-refractivity contribution in [3.63, 3.8) is 0 Å². The lowest BCUT2D eigenvalue weighted by Gasteiger charge is -2.24. The molecule has 1 aromatic carbocycles. The van der Waals surface area contributed by atoms with Crippen molar-refractivity contribution >= 4 is 11.7 Å². The topological polar surface area (TPSA) is 92.5 Å². The number of nitrogens with zero attached hydrogens (tertiary/aromatic N) is 1. The van der Waals surface area contributed by atoms with Crippen molar-refractivity contribution in [2.24, 2.45) is 11.3 Å². The maximum Gasteiger partial charge on any atom is 0.309 e. The maximum absolute atomic E-state index is 11.2. The van der Waals surface area contributed by atoms with E-state index in [0.717, 1.165) is 24.8 Å². The zero-order chi connectivity index (χ0) is 17.7. The van der Waals surface area contributed by atoms with Gasteiger partial charge in [0.05, 0.1) is 10.3 Å². The second-order valence-corrected chi connectivity index (χ2v) is 7.28. The van der Waals surface area contributed by atoms with Crippen molar-refractivity contribution < 1.29 is 14.8 Å². The van der Waals surface area contributed by atoms with E-state index in [-0.39, 0.29) is 10.6 Å². The van der Waals surface area contributed by atoms with Gasteiger partial charge in [-0.2, -0.15) is 0 Å². The van der Waals surface area contributed by atoms with Crippen LogP contribution in [0.25, 0.3) is 0 Å². The molecule has 6 heteroatoms. The molecule has 1 aliphatic rings. The molecule has 1 aromatic rings. The van der Waals surface area contributed by atoms with Crippen LogP contribution in [0.1, 0.15) is 45.1 Å². The smallest absolute Gasteiger partial charge is 0.309 e. The lowest BCUT2D eigenvalue weighted by molar-refractivity contribution is -0.385. The summed E-state index contributed by atoms with van der Waals surface area (Å²) in [6.07, 6.45) is 4.45. The molecule has 6 nitrogen and oxygen atoms in total. The molecule has 0 aromatic heterocycles. The molecule has 0 spiro atoms. The standard InChI is InChI=1S/C18H26N2O4/c1-18(2,17(21)22)10-11-19-15-8-5-7-13(15)12-14-6-3-4-9-16(14)20(23)24/h3-4,6,9,13,15,19H,5,7-8,10-12H2,1-2H3,(H,21,22). The summed E-state index contributed by atoms with van der Waals surface area (Å²) >= 11 is 0. The van der Waals surface area contributed by atoms with Gasteiger partial charge in [0.25, 0.3) is 5.69 Å². The van der Waals surface area contributed by atoms with Crippen molar-refractivity contribution in [1.29, 1.82) is 0 Å². The molecule has 1 fully saturated rings.